The molecule has 1 fully saturated rings. The van der Waals surface area contributed by atoms with Gasteiger partial charge in [-0.15, -0.1) is 11.8 Å². The number of nitrogens with one attached hydrogen (secondary N) is 1. The van der Waals surface area contributed by atoms with Crippen molar-refractivity contribution in [1.29, 1.82) is 0 Å². The van der Waals surface area contributed by atoms with Crippen LogP contribution in [0.4, 0.5) is 0 Å². The summed E-state index contributed by atoms with van der Waals surface area (Å²) in [6.07, 6.45) is 1.22. The van der Waals surface area contributed by atoms with Gasteiger partial charge in [0.2, 0.25) is 0 Å². The van der Waals surface area contributed by atoms with E-state index >= 15 is 0 Å². The van der Waals surface area contributed by atoms with Crippen LogP contribution < -0.4 is 5.56 Å². The lowest BCUT2D eigenvalue weighted by molar-refractivity contribution is 0.419. The summed E-state index contributed by atoms with van der Waals surface area (Å²) in [6.45, 7) is 4.29. The van der Waals surface area contributed by atoms with Crippen LogP contribution in [-0.4, -0.2) is 40.3 Å². The SMILES string of the molecule is Cc1cccc2c(=O)[nH]c(CSC3CCN(C)C3)nc12. The van der Waals surface area contributed by atoms with Crippen molar-refractivity contribution in [2.45, 2.75) is 24.3 Å². The molecule has 0 aliphatic carbocycles. The van der Waals surface area contributed by atoms with Crippen LogP contribution in [-0.2, 0) is 5.75 Å². The second-order valence-electron chi connectivity index (χ2n) is 5.47. The van der Waals surface area contributed by atoms with Gasteiger partial charge < -0.3 is 9.88 Å². The molecule has 1 N–H and O–H groups in total. The number of aryl methyl sites for hydroxylation is 1. The molecular formula is C15H19N3OS. The number of likely N-dealkylation sites (tertiary alicyclic amines) is 1. The number of thioether (sulfide) groups is 1. The monoisotopic (exact) mass is 289 g/mol. The summed E-state index contributed by atoms with van der Waals surface area (Å²) in [5.74, 6) is 1.56. The van der Waals surface area contributed by atoms with Crippen molar-refractivity contribution in [3.8, 4) is 0 Å². The van der Waals surface area contributed by atoms with Gasteiger partial charge in [-0.2, -0.15) is 0 Å². The van der Waals surface area contributed by atoms with E-state index in [-0.39, 0.29) is 5.56 Å². The quantitative estimate of drug-likeness (QED) is 0.941. The Morgan fingerprint density at radius 2 is 2.35 bits per heavy atom. The number of benzene rings is 1. The predicted molar refractivity (Wildman–Crippen MR) is 84.3 cm³/mol. The molecule has 3 rings (SSSR count). The van der Waals surface area contributed by atoms with Crippen molar-refractivity contribution in [2.75, 3.05) is 20.1 Å². The highest BCUT2D eigenvalue weighted by atomic mass is 32.2. The van der Waals surface area contributed by atoms with E-state index in [0.717, 1.165) is 29.2 Å². The molecule has 2 heterocycles. The Kier molecular flexibility index (Phi) is 3.81. The van der Waals surface area contributed by atoms with Gasteiger partial charge in [0, 0.05) is 11.8 Å². The lowest BCUT2D eigenvalue weighted by atomic mass is 10.1. The number of hydrogen-bond acceptors (Lipinski definition) is 4. The molecule has 0 amide bonds. The first-order chi connectivity index (χ1) is 9.63. The number of aromatic nitrogens is 2. The molecule has 20 heavy (non-hydrogen) atoms. The van der Waals surface area contributed by atoms with Crippen molar-refractivity contribution >= 4 is 22.7 Å². The first kappa shape index (κ1) is 13.6. The molecule has 5 heteroatoms. The molecule has 1 unspecified atom stereocenters. The second kappa shape index (κ2) is 5.58. The smallest absolute Gasteiger partial charge is 0.258 e. The van der Waals surface area contributed by atoms with Gasteiger partial charge in [-0.25, -0.2) is 4.98 Å². The minimum atomic E-state index is -0.0298. The van der Waals surface area contributed by atoms with Crippen LogP contribution >= 0.6 is 11.8 Å². The van der Waals surface area contributed by atoms with E-state index in [1.165, 1.54) is 13.0 Å². The first-order valence-electron chi connectivity index (χ1n) is 6.92. The molecule has 1 saturated heterocycles. The largest absolute Gasteiger partial charge is 0.309 e. The predicted octanol–water partition coefficient (Wildman–Crippen LogP) is 2.17. The lowest BCUT2D eigenvalue weighted by Crippen LogP contribution is -2.16. The Balaban J connectivity index is 1.82. The number of rotatable bonds is 3. The topological polar surface area (TPSA) is 49.0 Å². The third-order valence-electron chi connectivity index (χ3n) is 3.79. The Morgan fingerprint density at radius 3 is 3.10 bits per heavy atom. The Hall–Kier alpha value is -1.33. The van der Waals surface area contributed by atoms with Crippen LogP contribution in [0.3, 0.4) is 0 Å². The number of para-hydroxylation sites is 1. The Morgan fingerprint density at radius 1 is 1.50 bits per heavy atom. The van der Waals surface area contributed by atoms with Crippen LogP contribution in [0.15, 0.2) is 23.0 Å². The molecular weight excluding hydrogens is 270 g/mol. The molecule has 1 aliphatic heterocycles. The van der Waals surface area contributed by atoms with E-state index in [0.29, 0.717) is 10.6 Å². The maximum atomic E-state index is 12.1. The maximum Gasteiger partial charge on any atom is 0.258 e. The van der Waals surface area contributed by atoms with Crippen molar-refractivity contribution in [3.63, 3.8) is 0 Å². The van der Waals surface area contributed by atoms with Gasteiger partial charge in [-0.1, -0.05) is 12.1 Å². The maximum absolute atomic E-state index is 12.1. The number of fused-ring (bicyclic) bond motifs is 1. The minimum absolute atomic E-state index is 0.0298. The summed E-state index contributed by atoms with van der Waals surface area (Å²) in [5, 5.41) is 1.33. The summed E-state index contributed by atoms with van der Waals surface area (Å²) in [5.41, 5.74) is 1.86. The van der Waals surface area contributed by atoms with Gasteiger partial charge in [0.05, 0.1) is 16.7 Å². The molecule has 0 bridgehead atoms. The zero-order valence-corrected chi connectivity index (χ0v) is 12.7. The number of nitrogens with zero attached hydrogens (tertiary/aromatic N) is 2. The van der Waals surface area contributed by atoms with E-state index < -0.39 is 0 Å². The summed E-state index contributed by atoms with van der Waals surface area (Å²) in [7, 11) is 2.15. The molecule has 4 nitrogen and oxygen atoms in total. The number of aromatic amines is 1. The van der Waals surface area contributed by atoms with E-state index in [2.05, 4.69) is 21.9 Å². The molecule has 0 radical (unpaired) electrons. The molecule has 0 spiro atoms. The van der Waals surface area contributed by atoms with Crippen molar-refractivity contribution in [3.05, 3.63) is 39.9 Å². The van der Waals surface area contributed by atoms with E-state index in [1.54, 1.807) is 0 Å². The zero-order valence-electron chi connectivity index (χ0n) is 11.8. The van der Waals surface area contributed by atoms with Crippen LogP contribution in [0.1, 0.15) is 17.8 Å². The molecule has 0 saturated carbocycles. The molecule has 1 aromatic heterocycles. The number of H-pyrrole nitrogens is 1. The molecule has 1 aromatic carbocycles. The van der Waals surface area contributed by atoms with Crippen LogP contribution in [0.2, 0.25) is 0 Å². The summed E-state index contributed by atoms with van der Waals surface area (Å²) in [6, 6.07) is 5.73. The fourth-order valence-electron chi connectivity index (χ4n) is 2.65. The minimum Gasteiger partial charge on any atom is -0.309 e. The van der Waals surface area contributed by atoms with E-state index in [1.807, 2.05) is 36.9 Å². The summed E-state index contributed by atoms with van der Waals surface area (Å²) in [4.78, 5) is 22.0. The highest BCUT2D eigenvalue weighted by Gasteiger charge is 2.20. The van der Waals surface area contributed by atoms with Gasteiger partial charge in [0.15, 0.2) is 0 Å². The van der Waals surface area contributed by atoms with Crippen LogP contribution in [0.5, 0.6) is 0 Å². The second-order valence-corrected chi connectivity index (χ2v) is 6.76. The molecule has 1 aliphatic rings. The van der Waals surface area contributed by atoms with Gasteiger partial charge >= 0.3 is 0 Å². The van der Waals surface area contributed by atoms with E-state index in [9.17, 15) is 4.79 Å². The fraction of sp³-hybridized carbons (Fsp3) is 0.467. The fourth-order valence-corrected chi connectivity index (χ4v) is 3.81. The summed E-state index contributed by atoms with van der Waals surface area (Å²) >= 11 is 1.89. The van der Waals surface area contributed by atoms with E-state index in [4.69, 9.17) is 0 Å². The van der Waals surface area contributed by atoms with Crippen LogP contribution in [0, 0.1) is 6.92 Å². The normalized spacial score (nSPS) is 19.8. The third-order valence-corrected chi connectivity index (χ3v) is 5.09. The Bertz CT molecular complexity index is 682. The Labute approximate surface area is 122 Å². The zero-order chi connectivity index (χ0) is 14.1. The first-order valence-corrected chi connectivity index (χ1v) is 7.97. The molecule has 106 valence electrons. The molecule has 2 aromatic rings. The van der Waals surface area contributed by atoms with Crippen molar-refractivity contribution < 1.29 is 0 Å². The van der Waals surface area contributed by atoms with Crippen molar-refractivity contribution in [2.24, 2.45) is 0 Å². The van der Waals surface area contributed by atoms with Gasteiger partial charge in [0.25, 0.3) is 5.56 Å². The highest BCUT2D eigenvalue weighted by molar-refractivity contribution is 7.99. The average molecular weight is 289 g/mol. The standard InChI is InChI=1S/C15H19N3OS/c1-10-4-3-5-12-14(10)16-13(17-15(12)19)9-20-11-6-7-18(2)8-11/h3-5,11H,6-9H2,1-2H3,(H,16,17,19). The van der Waals surface area contributed by atoms with Crippen molar-refractivity contribution in [1.82, 2.24) is 14.9 Å². The highest BCUT2D eigenvalue weighted by Crippen LogP contribution is 2.24. The van der Waals surface area contributed by atoms with Gasteiger partial charge in [-0.3, -0.25) is 4.79 Å². The van der Waals surface area contributed by atoms with Gasteiger partial charge in [-0.05, 0) is 38.6 Å². The summed E-state index contributed by atoms with van der Waals surface area (Å²) < 4.78 is 0. The van der Waals surface area contributed by atoms with Crippen LogP contribution in [0.25, 0.3) is 10.9 Å². The van der Waals surface area contributed by atoms with Gasteiger partial charge in [0.1, 0.15) is 5.82 Å². The average Bonchev–Trinajstić information content (AvgIpc) is 2.84. The molecule has 1 atom stereocenters. The number of hydrogen-bond donors (Lipinski definition) is 1. The lowest BCUT2D eigenvalue weighted by Gasteiger charge is -2.10. The third kappa shape index (κ3) is 2.74.